The highest BCUT2D eigenvalue weighted by Crippen LogP contribution is 2.10. The lowest BCUT2D eigenvalue weighted by molar-refractivity contribution is -0.117. The van der Waals surface area contributed by atoms with Gasteiger partial charge in [0.25, 0.3) is 0 Å². The normalized spacial score (nSPS) is 9.58. The minimum Gasteiger partial charge on any atom is -0.384 e. The van der Waals surface area contributed by atoms with Crippen LogP contribution in [0.4, 0.5) is 5.69 Å². The number of anilines is 1. The van der Waals surface area contributed by atoms with Crippen LogP contribution in [-0.2, 0) is 9.53 Å². The van der Waals surface area contributed by atoms with Gasteiger partial charge < -0.3 is 15.2 Å². The van der Waals surface area contributed by atoms with E-state index in [9.17, 15) is 4.79 Å². The Morgan fingerprint density at radius 1 is 1.42 bits per heavy atom. The second-order valence-electron chi connectivity index (χ2n) is 3.95. The third-order valence-corrected chi connectivity index (χ3v) is 2.28. The van der Waals surface area contributed by atoms with Crippen LogP contribution in [0.3, 0.4) is 0 Å². The Bertz CT molecular complexity index is 460. The van der Waals surface area contributed by atoms with Gasteiger partial charge in [0.1, 0.15) is 6.61 Å². The molecular formula is C15H19NO3. The van der Waals surface area contributed by atoms with Crippen LogP contribution < -0.4 is 5.32 Å². The highest BCUT2D eigenvalue weighted by atomic mass is 16.5. The smallest absolute Gasteiger partial charge is 0.226 e. The van der Waals surface area contributed by atoms with Gasteiger partial charge in [0.05, 0.1) is 13.0 Å². The zero-order valence-electron chi connectivity index (χ0n) is 11.1. The van der Waals surface area contributed by atoms with Gasteiger partial charge in [0.15, 0.2) is 0 Å². The van der Waals surface area contributed by atoms with Gasteiger partial charge in [-0.25, -0.2) is 0 Å². The lowest BCUT2D eigenvalue weighted by atomic mass is 10.2. The number of rotatable bonds is 6. The average Bonchev–Trinajstić information content (AvgIpc) is 2.42. The fourth-order valence-electron chi connectivity index (χ4n) is 1.45. The van der Waals surface area contributed by atoms with E-state index in [2.05, 4.69) is 17.2 Å². The quantitative estimate of drug-likeness (QED) is 0.606. The summed E-state index contributed by atoms with van der Waals surface area (Å²) in [5, 5.41) is 11.4. The fraction of sp³-hybridized carbons (Fsp3) is 0.400. The van der Waals surface area contributed by atoms with Crippen molar-refractivity contribution < 1.29 is 14.6 Å². The summed E-state index contributed by atoms with van der Waals surface area (Å²) in [7, 11) is 0. The number of hydrogen-bond donors (Lipinski definition) is 2. The summed E-state index contributed by atoms with van der Waals surface area (Å²) in [5.74, 6) is 5.28. The Morgan fingerprint density at radius 2 is 2.26 bits per heavy atom. The molecule has 0 heterocycles. The first-order chi connectivity index (χ1) is 9.26. The Balaban J connectivity index is 2.45. The summed E-state index contributed by atoms with van der Waals surface area (Å²) in [6, 6.07) is 7.20. The van der Waals surface area contributed by atoms with Gasteiger partial charge in [0, 0.05) is 17.9 Å². The van der Waals surface area contributed by atoms with Crippen LogP contribution in [0.1, 0.15) is 25.3 Å². The molecule has 4 heteroatoms. The van der Waals surface area contributed by atoms with E-state index in [1.165, 1.54) is 0 Å². The van der Waals surface area contributed by atoms with E-state index >= 15 is 0 Å². The van der Waals surface area contributed by atoms with E-state index in [4.69, 9.17) is 9.84 Å². The molecular weight excluding hydrogens is 242 g/mol. The number of hydrogen-bond acceptors (Lipinski definition) is 3. The van der Waals surface area contributed by atoms with Crippen LogP contribution in [0.15, 0.2) is 24.3 Å². The molecule has 0 atom stereocenters. The Morgan fingerprint density at radius 3 is 3.00 bits per heavy atom. The molecule has 0 saturated heterocycles. The lowest BCUT2D eigenvalue weighted by Gasteiger charge is -2.06. The number of benzene rings is 1. The van der Waals surface area contributed by atoms with Crippen molar-refractivity contribution in [2.45, 2.75) is 19.8 Å². The highest BCUT2D eigenvalue weighted by molar-refractivity contribution is 5.90. The van der Waals surface area contributed by atoms with Crippen molar-refractivity contribution >= 4 is 11.6 Å². The minimum absolute atomic E-state index is 0.0802. The first-order valence-corrected chi connectivity index (χ1v) is 6.33. The molecule has 0 aliphatic carbocycles. The average molecular weight is 261 g/mol. The summed E-state index contributed by atoms with van der Waals surface area (Å²) in [6.07, 6.45) is 1.29. The van der Waals surface area contributed by atoms with E-state index in [0.717, 1.165) is 12.0 Å². The van der Waals surface area contributed by atoms with E-state index in [1.807, 2.05) is 19.1 Å². The predicted molar refractivity (Wildman–Crippen MR) is 74.8 cm³/mol. The van der Waals surface area contributed by atoms with Crippen molar-refractivity contribution in [1.29, 1.82) is 0 Å². The Hall–Kier alpha value is -1.83. The van der Waals surface area contributed by atoms with E-state index in [-0.39, 0.29) is 12.5 Å². The van der Waals surface area contributed by atoms with Crippen LogP contribution in [0.5, 0.6) is 0 Å². The molecule has 0 unspecified atom stereocenters. The summed E-state index contributed by atoms with van der Waals surface area (Å²) < 4.78 is 5.26. The van der Waals surface area contributed by atoms with Crippen molar-refractivity contribution in [3.8, 4) is 11.8 Å². The summed E-state index contributed by atoms with van der Waals surface area (Å²) >= 11 is 0. The largest absolute Gasteiger partial charge is 0.384 e. The maximum atomic E-state index is 11.6. The second kappa shape index (κ2) is 9.15. The van der Waals surface area contributed by atoms with Crippen molar-refractivity contribution in [2.75, 3.05) is 25.1 Å². The maximum absolute atomic E-state index is 11.6. The van der Waals surface area contributed by atoms with Gasteiger partial charge in [-0.15, -0.1) is 0 Å². The number of aliphatic hydroxyl groups is 1. The molecule has 102 valence electrons. The number of amides is 1. The summed E-state index contributed by atoms with van der Waals surface area (Å²) in [4.78, 5) is 11.6. The van der Waals surface area contributed by atoms with E-state index < -0.39 is 0 Å². The van der Waals surface area contributed by atoms with Gasteiger partial charge in [-0.3, -0.25) is 4.79 Å². The van der Waals surface area contributed by atoms with Crippen LogP contribution in [0, 0.1) is 11.8 Å². The summed E-state index contributed by atoms with van der Waals surface area (Å²) in [5.41, 5.74) is 1.46. The number of aliphatic hydroxyl groups excluding tert-OH is 1. The summed E-state index contributed by atoms with van der Waals surface area (Å²) in [6.45, 7) is 2.97. The molecule has 0 fully saturated rings. The van der Waals surface area contributed by atoms with Crippen molar-refractivity contribution in [1.82, 2.24) is 0 Å². The Kier molecular flexibility index (Phi) is 7.33. The molecule has 0 aliphatic rings. The maximum Gasteiger partial charge on any atom is 0.226 e. The van der Waals surface area contributed by atoms with Gasteiger partial charge in [-0.1, -0.05) is 24.8 Å². The monoisotopic (exact) mass is 261 g/mol. The Labute approximate surface area is 113 Å². The van der Waals surface area contributed by atoms with Gasteiger partial charge in [-0.2, -0.15) is 0 Å². The number of carbonyl (C=O) groups excluding carboxylic acids is 1. The van der Waals surface area contributed by atoms with Gasteiger partial charge in [0.2, 0.25) is 5.91 Å². The van der Waals surface area contributed by atoms with Crippen molar-refractivity contribution in [2.24, 2.45) is 0 Å². The molecule has 1 amide bonds. The highest BCUT2D eigenvalue weighted by Gasteiger charge is 2.02. The molecule has 0 radical (unpaired) electrons. The molecule has 0 saturated carbocycles. The molecule has 1 aromatic carbocycles. The molecule has 0 aliphatic heterocycles. The molecule has 0 bridgehead atoms. The zero-order valence-corrected chi connectivity index (χ0v) is 11.1. The molecule has 0 spiro atoms. The molecule has 0 aromatic heterocycles. The van der Waals surface area contributed by atoms with Crippen molar-refractivity contribution in [3.05, 3.63) is 29.8 Å². The van der Waals surface area contributed by atoms with Gasteiger partial charge in [-0.05, 0) is 24.6 Å². The topological polar surface area (TPSA) is 58.6 Å². The van der Waals surface area contributed by atoms with Gasteiger partial charge >= 0.3 is 0 Å². The van der Waals surface area contributed by atoms with Crippen LogP contribution >= 0.6 is 0 Å². The molecule has 2 N–H and O–H groups in total. The van der Waals surface area contributed by atoms with Crippen molar-refractivity contribution in [3.63, 3.8) is 0 Å². The molecule has 1 rings (SSSR count). The molecule has 1 aromatic rings. The van der Waals surface area contributed by atoms with E-state index in [1.54, 1.807) is 12.1 Å². The second-order valence-corrected chi connectivity index (χ2v) is 3.95. The van der Waals surface area contributed by atoms with E-state index in [0.29, 0.717) is 25.3 Å². The van der Waals surface area contributed by atoms with Crippen LogP contribution in [0.25, 0.3) is 0 Å². The first kappa shape index (κ1) is 15.2. The van der Waals surface area contributed by atoms with Crippen LogP contribution in [0.2, 0.25) is 0 Å². The first-order valence-electron chi connectivity index (χ1n) is 6.33. The van der Waals surface area contributed by atoms with Crippen LogP contribution in [-0.4, -0.2) is 30.8 Å². The third kappa shape index (κ3) is 6.61. The standard InChI is InChI=1S/C15H19NO3/c1-2-10-19-11-8-15(18)16-14-7-3-5-13(12-14)6-4-9-17/h3,5,7,12,17H,2,8-11H2,1H3,(H,16,18). The minimum atomic E-state index is -0.175. The zero-order chi connectivity index (χ0) is 13.9. The molecule has 19 heavy (non-hydrogen) atoms. The number of carbonyl (C=O) groups is 1. The SMILES string of the molecule is CCCOCCC(=O)Nc1cccc(C#CCO)c1. The third-order valence-electron chi connectivity index (χ3n) is 2.28. The number of ether oxygens (including phenoxy) is 1. The number of nitrogens with one attached hydrogen (secondary N) is 1. The predicted octanol–water partition coefficient (Wildman–Crippen LogP) is 1.79. The molecule has 4 nitrogen and oxygen atoms in total. The lowest BCUT2D eigenvalue weighted by Crippen LogP contribution is -2.14. The fourth-order valence-corrected chi connectivity index (χ4v) is 1.45.